The zero-order chi connectivity index (χ0) is 42.2. The van der Waals surface area contributed by atoms with Crippen LogP contribution in [0.2, 0.25) is 0 Å². The molecule has 0 spiro atoms. The molecule has 300 valence electrons. The van der Waals surface area contributed by atoms with E-state index in [0.717, 1.165) is 33.2 Å². The number of nitrogens with zero attached hydrogens (tertiary/aromatic N) is 1. The van der Waals surface area contributed by atoms with Gasteiger partial charge in [0.15, 0.2) is 0 Å². The number of nitro groups is 1. The number of aliphatic carboxylic acids is 2. The van der Waals surface area contributed by atoms with Crippen molar-refractivity contribution < 1.29 is 24.7 Å². The van der Waals surface area contributed by atoms with Crippen molar-refractivity contribution in [3.8, 4) is 33.4 Å². The van der Waals surface area contributed by atoms with E-state index in [2.05, 4.69) is 87.7 Å². The summed E-state index contributed by atoms with van der Waals surface area (Å²) in [6.45, 7) is 0. The number of rotatable bonds is 10. The van der Waals surface area contributed by atoms with E-state index in [1.54, 1.807) is 30.5 Å². The van der Waals surface area contributed by atoms with Gasteiger partial charge in [-0.25, -0.2) is 0 Å². The van der Waals surface area contributed by atoms with Crippen molar-refractivity contribution >= 4 is 50.3 Å². The predicted octanol–water partition coefficient (Wildman–Crippen LogP) is 9.32. The topological polar surface area (TPSA) is 217 Å². The van der Waals surface area contributed by atoms with Crippen LogP contribution < -0.4 is 11.5 Å². The summed E-state index contributed by atoms with van der Waals surface area (Å²) in [5, 5.41) is 32.4. The Kier molecular flexibility index (Phi) is 12.3. The van der Waals surface area contributed by atoms with E-state index >= 15 is 0 Å². The van der Waals surface area contributed by atoms with Crippen LogP contribution in [0.5, 0.6) is 0 Å². The number of benzene rings is 6. The van der Waals surface area contributed by atoms with Gasteiger partial charge >= 0.3 is 11.9 Å². The van der Waals surface area contributed by atoms with Crippen LogP contribution in [-0.4, -0.2) is 54.1 Å². The molecule has 0 amide bonds. The average Bonchev–Trinajstić information content (AvgIpc) is 4.03. The molecule has 9 rings (SSSR count). The Hall–Kier alpha value is -7.80. The van der Waals surface area contributed by atoms with Gasteiger partial charge in [-0.3, -0.25) is 19.7 Å². The second-order valence-corrected chi connectivity index (χ2v) is 14.2. The Balaban J connectivity index is 0.000000139. The fourth-order valence-electron chi connectivity index (χ4n) is 7.14. The molecule has 60 heavy (non-hydrogen) atoms. The van der Waals surface area contributed by atoms with Crippen LogP contribution in [0, 0.1) is 10.1 Å². The molecule has 12 heteroatoms. The van der Waals surface area contributed by atoms with E-state index in [-0.39, 0.29) is 12.1 Å². The quantitative estimate of drug-likeness (QED) is 0.0521. The van der Waals surface area contributed by atoms with Crippen LogP contribution >= 0.6 is 0 Å². The van der Waals surface area contributed by atoms with Gasteiger partial charge in [0.25, 0.3) is 5.69 Å². The molecule has 9 aromatic rings. The fraction of sp³-hybridized carbons (Fsp3) is 0.0833. The Bertz CT molecular complexity index is 2900. The number of hydrogen-bond acceptors (Lipinski definition) is 6. The minimum atomic E-state index is -1.15. The molecule has 3 aromatic heterocycles. The lowest BCUT2D eigenvalue weighted by molar-refractivity contribution is -0.382. The van der Waals surface area contributed by atoms with Gasteiger partial charge in [-0.05, 0) is 86.8 Å². The fourth-order valence-corrected chi connectivity index (χ4v) is 7.14. The minimum absolute atomic E-state index is 0.00835. The van der Waals surface area contributed by atoms with Gasteiger partial charge in [0.05, 0.1) is 21.4 Å². The van der Waals surface area contributed by atoms with Gasteiger partial charge in [0.2, 0.25) is 0 Å². The maximum Gasteiger partial charge on any atom is 0.320 e. The summed E-state index contributed by atoms with van der Waals surface area (Å²) in [4.78, 5) is 42.5. The number of nitro benzene ring substituents is 1. The first-order valence-electron chi connectivity index (χ1n) is 19.1. The Labute approximate surface area is 344 Å². The summed E-state index contributed by atoms with van der Waals surface area (Å²) in [5.74, 6) is -2.13. The molecule has 9 N–H and O–H groups in total. The van der Waals surface area contributed by atoms with Crippen molar-refractivity contribution in [3.63, 3.8) is 0 Å². The summed E-state index contributed by atoms with van der Waals surface area (Å²) in [6.07, 6.45) is 5.71. The van der Waals surface area contributed by atoms with Crippen molar-refractivity contribution in [2.24, 2.45) is 11.5 Å². The first-order chi connectivity index (χ1) is 29.1. The van der Waals surface area contributed by atoms with Gasteiger partial charge in [-0.2, -0.15) is 0 Å². The molecule has 0 bridgehead atoms. The Morgan fingerprint density at radius 2 is 1.07 bits per heavy atom. The van der Waals surface area contributed by atoms with Gasteiger partial charge in [-0.1, -0.05) is 103 Å². The minimum Gasteiger partial charge on any atom is -0.480 e. The molecule has 2 atom stereocenters. The first-order valence-corrected chi connectivity index (χ1v) is 19.1. The number of carboxylic acids is 2. The number of nitrogens with one attached hydrogen (secondary N) is 3. The molecule has 3 heterocycles. The molecule has 0 radical (unpaired) electrons. The molecule has 12 nitrogen and oxygen atoms in total. The van der Waals surface area contributed by atoms with Crippen molar-refractivity contribution in [2.45, 2.75) is 24.9 Å². The highest BCUT2D eigenvalue weighted by atomic mass is 16.6. The number of aromatic nitrogens is 3. The SMILES string of the molecule is N[C@@H](Cc1c[nH]c2ccc(-c3ccccc3)c([N+](=O)[O-])c12)C(=O)O.N[C@@H](Cc1c[nH]c2ccc(-c3ccccc3)cc12)C(=O)O.c1ccc(-c2ccc3[nH]ccc3c2)cc1. The zero-order valence-corrected chi connectivity index (χ0v) is 32.3. The molecule has 0 saturated heterocycles. The Morgan fingerprint density at radius 1 is 0.567 bits per heavy atom. The molecule has 0 unspecified atom stereocenters. The average molecular weight is 799 g/mol. The molecular formula is C48H42N6O6. The zero-order valence-electron chi connectivity index (χ0n) is 32.3. The van der Waals surface area contributed by atoms with Gasteiger partial charge in [0.1, 0.15) is 12.1 Å². The third-order valence-corrected chi connectivity index (χ3v) is 10.2. The molecule has 0 aliphatic carbocycles. The van der Waals surface area contributed by atoms with Gasteiger partial charge in [0, 0.05) is 47.9 Å². The highest BCUT2D eigenvalue weighted by molar-refractivity contribution is 5.99. The number of hydrogen-bond donors (Lipinski definition) is 7. The standard InChI is InChI=1S/C17H15N3O4.C17H16N2O2.C14H11N/c18-13(17(21)22)8-11-9-19-14-7-6-12(10-4-2-1-3-5-10)16(15(11)14)20(23)24;18-15(17(20)21)9-13-10-19-16-7-6-12(8-14(13)16)11-4-2-1-3-5-11;1-2-4-11(5-3-1)12-6-7-14-13(10-12)8-9-15-14/h1-7,9,13,19H,8,18H2,(H,21,22);1-8,10,15,19H,9,18H2,(H,20,21);1-10,15H/t13-;15-;/m00./s1. The Morgan fingerprint density at radius 3 is 1.65 bits per heavy atom. The number of aromatic amines is 3. The van der Waals surface area contributed by atoms with Crippen LogP contribution in [0.25, 0.3) is 66.1 Å². The molecule has 6 aromatic carbocycles. The van der Waals surface area contributed by atoms with Gasteiger partial charge in [-0.15, -0.1) is 0 Å². The molecule has 0 aliphatic heterocycles. The van der Waals surface area contributed by atoms with Crippen LogP contribution in [-0.2, 0) is 22.4 Å². The second-order valence-electron chi connectivity index (χ2n) is 14.2. The molecular weight excluding hydrogens is 757 g/mol. The monoisotopic (exact) mass is 798 g/mol. The van der Waals surface area contributed by atoms with Crippen molar-refractivity contribution in [2.75, 3.05) is 0 Å². The summed E-state index contributed by atoms with van der Waals surface area (Å²) >= 11 is 0. The van der Waals surface area contributed by atoms with Crippen LogP contribution in [0.4, 0.5) is 5.69 Å². The number of nitrogens with two attached hydrogens (primary N) is 2. The molecule has 0 fully saturated rings. The normalized spacial score (nSPS) is 11.9. The highest BCUT2D eigenvalue weighted by Crippen LogP contribution is 2.38. The summed E-state index contributed by atoms with van der Waals surface area (Å²) in [5.41, 5.74) is 21.4. The van der Waals surface area contributed by atoms with Crippen LogP contribution in [0.1, 0.15) is 11.1 Å². The van der Waals surface area contributed by atoms with E-state index in [1.807, 2.05) is 60.9 Å². The number of carboxylic acid groups (broad SMARTS) is 2. The molecule has 0 saturated carbocycles. The summed E-state index contributed by atoms with van der Waals surface area (Å²) < 4.78 is 0. The van der Waals surface area contributed by atoms with E-state index in [9.17, 15) is 19.7 Å². The van der Waals surface area contributed by atoms with E-state index in [1.165, 1.54) is 22.0 Å². The lowest BCUT2D eigenvalue weighted by atomic mass is 9.97. The van der Waals surface area contributed by atoms with E-state index in [0.29, 0.717) is 28.5 Å². The lowest BCUT2D eigenvalue weighted by Gasteiger charge is -2.08. The smallest absolute Gasteiger partial charge is 0.320 e. The predicted molar refractivity (Wildman–Crippen MR) is 236 cm³/mol. The molecule has 0 aliphatic rings. The third-order valence-electron chi connectivity index (χ3n) is 10.2. The number of fused-ring (bicyclic) bond motifs is 3. The summed E-state index contributed by atoms with van der Waals surface area (Å²) in [6, 6.07) is 45.7. The summed E-state index contributed by atoms with van der Waals surface area (Å²) in [7, 11) is 0. The maximum atomic E-state index is 11.7. The third kappa shape index (κ3) is 9.16. The van der Waals surface area contributed by atoms with Crippen molar-refractivity contribution in [1.82, 2.24) is 15.0 Å². The lowest BCUT2D eigenvalue weighted by Crippen LogP contribution is -2.32. The second kappa shape index (κ2) is 18.2. The van der Waals surface area contributed by atoms with E-state index < -0.39 is 28.9 Å². The van der Waals surface area contributed by atoms with Crippen LogP contribution in [0.3, 0.4) is 0 Å². The number of H-pyrrole nitrogens is 3. The van der Waals surface area contributed by atoms with Crippen molar-refractivity contribution in [3.05, 3.63) is 185 Å². The number of carbonyl (C=O) groups is 2. The van der Waals surface area contributed by atoms with Crippen LogP contribution in [0.15, 0.2) is 164 Å². The highest BCUT2D eigenvalue weighted by Gasteiger charge is 2.25. The van der Waals surface area contributed by atoms with Gasteiger partial charge < -0.3 is 36.6 Å². The first kappa shape index (κ1) is 40.4. The van der Waals surface area contributed by atoms with Crippen molar-refractivity contribution in [1.29, 1.82) is 0 Å². The largest absolute Gasteiger partial charge is 0.480 e. The van der Waals surface area contributed by atoms with E-state index in [4.69, 9.17) is 21.7 Å². The maximum absolute atomic E-state index is 11.7.